The average Bonchev–Trinajstić information content (AvgIpc) is 3.36. The molecular formula is C28H35FN4O5. The lowest BCUT2D eigenvalue weighted by Crippen LogP contribution is -2.51. The van der Waals surface area contributed by atoms with E-state index in [0.717, 1.165) is 18.5 Å². The van der Waals surface area contributed by atoms with Crippen LogP contribution in [0.5, 0.6) is 17.2 Å². The van der Waals surface area contributed by atoms with Crippen LogP contribution in [0, 0.1) is 5.82 Å². The quantitative estimate of drug-likeness (QED) is 0.384. The summed E-state index contributed by atoms with van der Waals surface area (Å²) in [6.45, 7) is 4.90. The first-order chi connectivity index (χ1) is 18.3. The molecule has 0 radical (unpaired) electrons. The lowest BCUT2D eigenvalue weighted by atomic mass is 10.0. The van der Waals surface area contributed by atoms with Gasteiger partial charge in [0, 0.05) is 52.0 Å². The summed E-state index contributed by atoms with van der Waals surface area (Å²) in [4.78, 5) is 20.0. The molecule has 0 saturated carbocycles. The van der Waals surface area contributed by atoms with E-state index in [-0.39, 0.29) is 24.9 Å². The molecule has 1 saturated heterocycles. The van der Waals surface area contributed by atoms with Gasteiger partial charge in [-0.2, -0.15) is 0 Å². The number of imidazole rings is 1. The van der Waals surface area contributed by atoms with Crippen molar-refractivity contribution in [3.63, 3.8) is 0 Å². The van der Waals surface area contributed by atoms with Crippen molar-refractivity contribution in [3.05, 3.63) is 72.6 Å². The highest BCUT2D eigenvalue weighted by atomic mass is 19.1. The third-order valence-electron chi connectivity index (χ3n) is 6.47. The van der Waals surface area contributed by atoms with Crippen LogP contribution in [0.3, 0.4) is 0 Å². The van der Waals surface area contributed by atoms with Crippen molar-refractivity contribution in [2.24, 2.45) is 0 Å². The zero-order chi connectivity index (χ0) is 27.0. The van der Waals surface area contributed by atoms with Crippen LogP contribution in [-0.4, -0.2) is 82.5 Å². The lowest BCUT2D eigenvalue weighted by Gasteiger charge is -2.32. The first kappa shape index (κ1) is 27.4. The SMILES string of the molecule is COc1cc(CN2CCN(C(C)=O)C[C@](O)(COc3ccc(F)cc3)C2)ccc1OCCCn1ccnc1. The Hall–Kier alpha value is -3.63. The highest BCUT2D eigenvalue weighted by Crippen LogP contribution is 2.29. The van der Waals surface area contributed by atoms with Gasteiger partial charge in [-0.05, 0) is 48.4 Å². The number of amides is 1. The number of hydrogen-bond donors (Lipinski definition) is 1. The van der Waals surface area contributed by atoms with Crippen LogP contribution < -0.4 is 14.2 Å². The summed E-state index contributed by atoms with van der Waals surface area (Å²) in [6.07, 6.45) is 6.29. The second-order valence-corrected chi connectivity index (χ2v) is 9.61. The molecule has 3 aromatic rings. The third-order valence-corrected chi connectivity index (χ3v) is 6.47. The maximum absolute atomic E-state index is 13.2. The van der Waals surface area contributed by atoms with Crippen molar-refractivity contribution >= 4 is 5.91 Å². The van der Waals surface area contributed by atoms with E-state index < -0.39 is 5.60 Å². The van der Waals surface area contributed by atoms with Crippen LogP contribution in [0.2, 0.25) is 0 Å². The number of aryl methyl sites for hydroxylation is 1. The average molecular weight is 527 g/mol. The van der Waals surface area contributed by atoms with Gasteiger partial charge in [0.25, 0.3) is 0 Å². The fourth-order valence-corrected chi connectivity index (χ4v) is 4.52. The Morgan fingerprint density at radius 2 is 1.92 bits per heavy atom. The van der Waals surface area contributed by atoms with Crippen molar-refractivity contribution < 1.29 is 28.5 Å². The molecule has 2 aromatic carbocycles. The molecule has 1 aliphatic heterocycles. The molecule has 0 bridgehead atoms. The number of carbonyl (C=O) groups excluding carboxylic acids is 1. The zero-order valence-electron chi connectivity index (χ0n) is 21.9. The van der Waals surface area contributed by atoms with Crippen molar-refractivity contribution in [2.75, 3.05) is 46.5 Å². The minimum absolute atomic E-state index is 0.0336. The number of carbonyl (C=O) groups is 1. The van der Waals surface area contributed by atoms with Gasteiger partial charge >= 0.3 is 0 Å². The molecule has 204 valence electrons. The van der Waals surface area contributed by atoms with Gasteiger partial charge < -0.3 is 28.8 Å². The summed E-state index contributed by atoms with van der Waals surface area (Å²) < 4.78 is 32.6. The van der Waals surface area contributed by atoms with E-state index in [1.807, 2.05) is 29.0 Å². The topological polar surface area (TPSA) is 89.3 Å². The number of ether oxygens (including phenoxy) is 3. The van der Waals surface area contributed by atoms with Gasteiger partial charge in [0.2, 0.25) is 5.91 Å². The minimum atomic E-state index is -1.31. The predicted octanol–water partition coefficient (Wildman–Crippen LogP) is 2.97. The first-order valence-corrected chi connectivity index (χ1v) is 12.7. The van der Waals surface area contributed by atoms with E-state index in [1.54, 1.807) is 24.5 Å². The molecule has 1 N–H and O–H groups in total. The fourth-order valence-electron chi connectivity index (χ4n) is 4.52. The van der Waals surface area contributed by atoms with Gasteiger partial charge in [0.15, 0.2) is 11.5 Å². The van der Waals surface area contributed by atoms with E-state index in [0.29, 0.717) is 50.0 Å². The summed E-state index contributed by atoms with van der Waals surface area (Å²) in [5.74, 6) is 1.30. The molecule has 2 heterocycles. The molecule has 1 aromatic heterocycles. The molecule has 1 atom stereocenters. The molecule has 0 unspecified atom stereocenters. The maximum atomic E-state index is 13.2. The van der Waals surface area contributed by atoms with Gasteiger partial charge in [-0.15, -0.1) is 0 Å². The number of aliphatic hydroxyl groups is 1. The van der Waals surface area contributed by atoms with Crippen molar-refractivity contribution in [2.45, 2.75) is 32.0 Å². The van der Waals surface area contributed by atoms with Crippen molar-refractivity contribution in [1.82, 2.24) is 19.4 Å². The number of halogens is 1. The summed E-state index contributed by atoms with van der Waals surface area (Å²) in [7, 11) is 1.61. The summed E-state index contributed by atoms with van der Waals surface area (Å²) in [6, 6.07) is 11.5. The highest BCUT2D eigenvalue weighted by Gasteiger charge is 2.37. The molecule has 1 amide bonds. The number of rotatable bonds is 11. The van der Waals surface area contributed by atoms with Gasteiger partial charge in [-0.1, -0.05) is 6.07 Å². The van der Waals surface area contributed by atoms with Crippen LogP contribution in [0.25, 0.3) is 0 Å². The highest BCUT2D eigenvalue weighted by molar-refractivity contribution is 5.73. The molecule has 0 spiro atoms. The largest absolute Gasteiger partial charge is 0.493 e. The van der Waals surface area contributed by atoms with Crippen molar-refractivity contribution in [3.8, 4) is 17.2 Å². The third kappa shape index (κ3) is 7.69. The normalized spacial score (nSPS) is 18.2. The first-order valence-electron chi connectivity index (χ1n) is 12.7. The van der Waals surface area contributed by atoms with Gasteiger partial charge in [0.1, 0.15) is 23.8 Å². The van der Waals surface area contributed by atoms with Gasteiger partial charge in [0.05, 0.1) is 26.6 Å². The molecule has 9 nitrogen and oxygen atoms in total. The number of methoxy groups -OCH3 is 1. The Bertz CT molecular complexity index is 1170. The van der Waals surface area contributed by atoms with Crippen molar-refractivity contribution in [1.29, 1.82) is 0 Å². The smallest absolute Gasteiger partial charge is 0.219 e. The van der Waals surface area contributed by atoms with E-state index in [4.69, 9.17) is 14.2 Å². The standard InChI is InChI=1S/C28H35FN4O5/c1-22(34)33-14-13-32(18-28(35,19-33)20-38-25-7-5-24(29)6-8-25)17-23-4-9-26(27(16-23)36-2)37-15-3-11-31-12-10-30-21-31/h4-10,12,16,21,35H,3,11,13-15,17-20H2,1-2H3/t28-/m0/s1. The Kier molecular flexibility index (Phi) is 9.19. The summed E-state index contributed by atoms with van der Waals surface area (Å²) >= 11 is 0. The van der Waals surface area contributed by atoms with E-state index in [2.05, 4.69) is 9.88 Å². The van der Waals surface area contributed by atoms with Gasteiger partial charge in [-0.3, -0.25) is 9.69 Å². The van der Waals surface area contributed by atoms with Crippen LogP contribution in [0.1, 0.15) is 18.9 Å². The van der Waals surface area contributed by atoms with Crippen LogP contribution in [-0.2, 0) is 17.9 Å². The maximum Gasteiger partial charge on any atom is 0.219 e. The zero-order valence-corrected chi connectivity index (χ0v) is 21.9. The van der Waals surface area contributed by atoms with Crippen LogP contribution in [0.15, 0.2) is 61.2 Å². The Morgan fingerprint density at radius 3 is 2.63 bits per heavy atom. The Morgan fingerprint density at radius 1 is 1.11 bits per heavy atom. The molecule has 10 heteroatoms. The molecule has 0 aliphatic carbocycles. The fraction of sp³-hybridized carbons (Fsp3) is 0.429. The van der Waals surface area contributed by atoms with Gasteiger partial charge in [-0.25, -0.2) is 9.37 Å². The van der Waals surface area contributed by atoms with Crippen LogP contribution in [0.4, 0.5) is 4.39 Å². The molecule has 38 heavy (non-hydrogen) atoms. The molecule has 1 aliphatic rings. The second-order valence-electron chi connectivity index (χ2n) is 9.61. The van der Waals surface area contributed by atoms with E-state index in [1.165, 1.54) is 31.2 Å². The molecule has 4 rings (SSSR count). The van der Waals surface area contributed by atoms with Crippen LogP contribution >= 0.6 is 0 Å². The number of hydrogen-bond acceptors (Lipinski definition) is 7. The number of benzene rings is 2. The van der Waals surface area contributed by atoms with E-state index in [9.17, 15) is 14.3 Å². The number of β-amino-alcohol motifs (C(OH)–C–C–N with tert-alkyl or cyclic N) is 1. The monoisotopic (exact) mass is 526 g/mol. The minimum Gasteiger partial charge on any atom is -0.493 e. The summed E-state index contributed by atoms with van der Waals surface area (Å²) in [5.41, 5.74) is -0.315. The lowest BCUT2D eigenvalue weighted by molar-refractivity contribution is -0.132. The molecule has 1 fully saturated rings. The Balaban J connectivity index is 1.39. The Labute approximate surface area is 222 Å². The predicted molar refractivity (Wildman–Crippen MR) is 140 cm³/mol. The second kappa shape index (κ2) is 12.7. The summed E-state index contributed by atoms with van der Waals surface area (Å²) in [5, 5.41) is 11.5. The van der Waals surface area contributed by atoms with E-state index >= 15 is 0 Å². The number of nitrogens with zero attached hydrogens (tertiary/aromatic N) is 4. The molecular weight excluding hydrogens is 491 g/mol. The number of aromatic nitrogens is 2.